The third-order valence-corrected chi connectivity index (χ3v) is 8.65. The first-order chi connectivity index (χ1) is 23.4. The Balaban J connectivity index is 1.23. The van der Waals surface area contributed by atoms with Gasteiger partial charge >= 0.3 is 0 Å². The second-order valence-electron chi connectivity index (χ2n) is 10.0. The monoisotopic (exact) mass is 680 g/mol. The molecule has 0 spiro atoms. The maximum absolute atomic E-state index is 13.5. The van der Waals surface area contributed by atoms with Crippen LogP contribution in [-0.4, -0.2) is 49.8 Å². The smallest absolute Gasteiger partial charge is 0.272 e. The molecule has 0 aliphatic carbocycles. The number of aromatic nitrogens is 1. The number of hydrogen-bond acceptors (Lipinski definition) is 9. The van der Waals surface area contributed by atoms with Gasteiger partial charge in [-0.25, -0.2) is 4.98 Å². The highest BCUT2D eigenvalue weighted by molar-refractivity contribution is 8.00. The van der Waals surface area contributed by atoms with Crippen LogP contribution in [0.25, 0.3) is 17.3 Å². The van der Waals surface area contributed by atoms with Gasteiger partial charge in [0.25, 0.3) is 11.8 Å². The summed E-state index contributed by atoms with van der Waals surface area (Å²) in [5.41, 5.74) is 3.00. The Morgan fingerprint density at radius 1 is 0.792 bits per heavy atom. The third-order valence-electron chi connectivity index (χ3n) is 6.88. The highest BCUT2D eigenvalue weighted by atomic mass is 32.2. The molecule has 5 rings (SSSR count). The number of nitrogens with one attached hydrogen (secondary N) is 3. The number of amides is 3. The first-order valence-corrected chi connectivity index (χ1v) is 16.5. The number of rotatable bonds is 13. The lowest BCUT2D eigenvalue weighted by molar-refractivity contribution is -0.114. The van der Waals surface area contributed by atoms with Crippen LogP contribution in [0.15, 0.2) is 113 Å². The summed E-state index contributed by atoms with van der Waals surface area (Å²) >= 11 is 2.68. The first-order valence-electron chi connectivity index (χ1n) is 14.6. The van der Waals surface area contributed by atoms with Crippen molar-refractivity contribution in [2.45, 2.75) is 4.90 Å². The van der Waals surface area contributed by atoms with Gasteiger partial charge in [0, 0.05) is 32.7 Å². The highest BCUT2D eigenvalue weighted by Crippen LogP contribution is 2.33. The summed E-state index contributed by atoms with van der Waals surface area (Å²) in [6.45, 7) is 0. The third kappa shape index (κ3) is 8.60. The fourth-order valence-electron chi connectivity index (χ4n) is 4.57. The first kappa shape index (κ1) is 33.8. The lowest BCUT2D eigenvalue weighted by Gasteiger charge is -2.14. The molecule has 10 nitrogen and oxygen atoms in total. The zero-order chi connectivity index (χ0) is 33.9. The van der Waals surface area contributed by atoms with Gasteiger partial charge in [-0.3, -0.25) is 14.4 Å². The molecule has 0 atom stereocenters. The fraction of sp³-hybridized carbons (Fsp3) is 0.111. The second kappa shape index (κ2) is 16.3. The number of nitrogens with zero attached hydrogens (tertiary/aromatic N) is 1. The zero-order valence-corrected chi connectivity index (χ0v) is 27.9. The van der Waals surface area contributed by atoms with Crippen molar-refractivity contribution < 1.29 is 28.6 Å². The van der Waals surface area contributed by atoms with Crippen LogP contribution in [-0.2, 0) is 9.59 Å². The Kier molecular flexibility index (Phi) is 11.5. The molecule has 12 heteroatoms. The summed E-state index contributed by atoms with van der Waals surface area (Å²) in [5, 5.41) is 10.8. The van der Waals surface area contributed by atoms with Crippen molar-refractivity contribution in [3.63, 3.8) is 0 Å². The number of carbonyl (C=O) groups is 3. The molecule has 0 aliphatic heterocycles. The zero-order valence-electron chi connectivity index (χ0n) is 26.3. The second-order valence-corrected chi connectivity index (χ2v) is 11.9. The number of thioether (sulfide) groups is 1. The summed E-state index contributed by atoms with van der Waals surface area (Å²) < 4.78 is 16.3. The van der Waals surface area contributed by atoms with Crippen molar-refractivity contribution in [1.29, 1.82) is 0 Å². The van der Waals surface area contributed by atoms with Gasteiger partial charge in [-0.2, -0.15) is 0 Å². The van der Waals surface area contributed by atoms with Gasteiger partial charge in [-0.05, 0) is 60.7 Å². The SMILES string of the molecule is COc1ccccc1-c1csc(NC(=O)CSc2ccc(NC(=O)/C(=C/c3cccc(OC)c3OC)NC(=O)c3ccccc3)cc2)n1. The molecule has 5 aromatic rings. The molecule has 1 heterocycles. The van der Waals surface area contributed by atoms with Crippen molar-refractivity contribution in [3.05, 3.63) is 119 Å². The quantitative estimate of drug-likeness (QED) is 0.0899. The average Bonchev–Trinajstić information content (AvgIpc) is 3.59. The number of anilines is 2. The number of benzene rings is 4. The van der Waals surface area contributed by atoms with E-state index in [1.165, 1.54) is 43.4 Å². The Morgan fingerprint density at radius 2 is 1.50 bits per heavy atom. The molecule has 3 amide bonds. The number of para-hydroxylation sites is 2. The van der Waals surface area contributed by atoms with Crippen molar-refractivity contribution in [1.82, 2.24) is 10.3 Å². The topological polar surface area (TPSA) is 128 Å². The number of methoxy groups -OCH3 is 3. The van der Waals surface area contributed by atoms with Crippen LogP contribution in [0.4, 0.5) is 10.8 Å². The molecule has 1 aromatic heterocycles. The molecule has 0 fully saturated rings. The van der Waals surface area contributed by atoms with Gasteiger partial charge < -0.3 is 30.2 Å². The van der Waals surface area contributed by atoms with Crippen LogP contribution in [0, 0.1) is 0 Å². The Hall–Kier alpha value is -5.59. The van der Waals surface area contributed by atoms with Crippen LogP contribution in [0.2, 0.25) is 0 Å². The van der Waals surface area contributed by atoms with Crippen LogP contribution < -0.4 is 30.2 Å². The molecule has 0 radical (unpaired) electrons. The largest absolute Gasteiger partial charge is 0.496 e. The van der Waals surface area contributed by atoms with Crippen molar-refractivity contribution in [2.24, 2.45) is 0 Å². The van der Waals surface area contributed by atoms with E-state index in [9.17, 15) is 14.4 Å². The van der Waals surface area contributed by atoms with E-state index in [4.69, 9.17) is 14.2 Å². The van der Waals surface area contributed by atoms with E-state index in [1.807, 2.05) is 29.6 Å². The van der Waals surface area contributed by atoms with E-state index in [0.717, 1.165) is 16.2 Å². The Morgan fingerprint density at radius 3 is 2.23 bits per heavy atom. The van der Waals surface area contributed by atoms with Crippen molar-refractivity contribution >= 4 is 57.7 Å². The maximum Gasteiger partial charge on any atom is 0.272 e. The molecular formula is C36H32N4O6S2. The van der Waals surface area contributed by atoms with Gasteiger partial charge in [0.1, 0.15) is 11.4 Å². The predicted octanol–water partition coefficient (Wildman–Crippen LogP) is 6.98. The maximum atomic E-state index is 13.5. The van der Waals surface area contributed by atoms with Gasteiger partial charge in [-0.15, -0.1) is 23.1 Å². The van der Waals surface area contributed by atoms with Crippen LogP contribution >= 0.6 is 23.1 Å². The Labute approximate surface area is 286 Å². The van der Waals surface area contributed by atoms with Crippen molar-refractivity contribution in [3.8, 4) is 28.5 Å². The van der Waals surface area contributed by atoms with Gasteiger partial charge in [-0.1, -0.05) is 42.5 Å². The molecule has 0 saturated heterocycles. The van der Waals surface area contributed by atoms with E-state index in [1.54, 1.807) is 79.9 Å². The lowest BCUT2D eigenvalue weighted by Crippen LogP contribution is -2.30. The summed E-state index contributed by atoms with van der Waals surface area (Å²) in [6.07, 6.45) is 1.53. The molecule has 0 bridgehead atoms. The molecule has 0 aliphatic rings. The molecule has 244 valence electrons. The van der Waals surface area contributed by atoms with Crippen molar-refractivity contribution in [2.75, 3.05) is 37.7 Å². The van der Waals surface area contributed by atoms with E-state index >= 15 is 0 Å². The summed E-state index contributed by atoms with van der Waals surface area (Å²) in [5.74, 6) is 0.573. The van der Waals surface area contributed by atoms with Gasteiger partial charge in [0.05, 0.1) is 32.8 Å². The summed E-state index contributed by atoms with van der Waals surface area (Å²) in [6, 6.07) is 28.5. The Bertz CT molecular complexity index is 1930. The van der Waals surface area contributed by atoms with E-state index < -0.39 is 11.8 Å². The number of thiazole rings is 1. The minimum Gasteiger partial charge on any atom is -0.496 e. The normalized spacial score (nSPS) is 10.9. The van der Waals surface area contributed by atoms with Gasteiger partial charge in [0.15, 0.2) is 16.6 Å². The number of ether oxygens (including phenoxy) is 3. The molecule has 0 unspecified atom stereocenters. The molecule has 3 N–H and O–H groups in total. The van der Waals surface area contributed by atoms with Crippen LogP contribution in [0.5, 0.6) is 17.2 Å². The molecule has 4 aromatic carbocycles. The lowest BCUT2D eigenvalue weighted by atomic mass is 10.1. The average molecular weight is 681 g/mol. The van der Waals surface area contributed by atoms with E-state index in [-0.39, 0.29) is 17.4 Å². The summed E-state index contributed by atoms with van der Waals surface area (Å²) in [7, 11) is 4.62. The minimum atomic E-state index is -0.542. The summed E-state index contributed by atoms with van der Waals surface area (Å²) in [4.78, 5) is 44.6. The molecule has 48 heavy (non-hydrogen) atoms. The standard InChI is InChI=1S/C36H32N4O6S2/c1-44-30-14-8-7-13-27(30)29-21-48-36(39-29)40-32(41)22-47-26-18-16-25(17-19-26)37-35(43)28(38-34(42)23-10-5-4-6-11-23)20-24-12-9-15-31(45-2)33(24)46-3/h4-21H,22H2,1-3H3,(H,37,43)(H,38,42)(H,39,40,41)/b28-20-. The highest BCUT2D eigenvalue weighted by Gasteiger charge is 2.18. The molecule has 0 saturated carbocycles. The number of carbonyl (C=O) groups excluding carboxylic acids is 3. The molecular weight excluding hydrogens is 649 g/mol. The van der Waals surface area contributed by atoms with Crippen LogP contribution in [0.3, 0.4) is 0 Å². The fourth-order valence-corrected chi connectivity index (χ4v) is 6.00. The van der Waals surface area contributed by atoms with Gasteiger partial charge in [0.2, 0.25) is 5.91 Å². The van der Waals surface area contributed by atoms with E-state index in [0.29, 0.717) is 39.2 Å². The van der Waals surface area contributed by atoms with E-state index in [2.05, 4.69) is 20.9 Å². The minimum absolute atomic E-state index is 0.00146. The number of hydrogen-bond donors (Lipinski definition) is 3. The van der Waals surface area contributed by atoms with Crippen LogP contribution in [0.1, 0.15) is 15.9 Å². The predicted molar refractivity (Wildman–Crippen MR) is 190 cm³/mol.